The first-order chi connectivity index (χ1) is 26.5. The van der Waals surface area contributed by atoms with Crippen LogP contribution in [0.25, 0.3) is 22.4 Å². The Bertz CT molecular complexity index is 1620. The number of pyridine rings is 1. The number of hydrogen-bond donors (Lipinski definition) is 2. The second-order valence-electron chi connectivity index (χ2n) is 16.2. The minimum atomic E-state index is -0.619. The van der Waals surface area contributed by atoms with Crippen molar-refractivity contribution in [2.75, 3.05) is 0 Å². The molecule has 3 rings (SSSR count). The van der Waals surface area contributed by atoms with Crippen LogP contribution in [0.5, 0.6) is 0 Å². The molecule has 0 aliphatic carbocycles. The molecule has 0 unspecified atom stereocenters. The van der Waals surface area contributed by atoms with Crippen molar-refractivity contribution in [1.29, 1.82) is 0 Å². The molecule has 306 valence electrons. The number of H-pyrrole nitrogens is 2. The van der Waals surface area contributed by atoms with Gasteiger partial charge in [-0.25, -0.2) is 9.59 Å². The lowest BCUT2D eigenvalue weighted by Crippen LogP contribution is -2.38. The Morgan fingerprint density at radius 1 is 0.463 bits per heavy atom. The summed E-state index contributed by atoms with van der Waals surface area (Å²) in [7, 11) is 0. The van der Waals surface area contributed by atoms with Gasteiger partial charge in [0.1, 0.15) is 5.65 Å². The van der Waals surface area contributed by atoms with E-state index in [2.05, 4.69) is 28.8 Å². The molecule has 0 radical (unpaired) electrons. The van der Waals surface area contributed by atoms with Gasteiger partial charge >= 0.3 is 11.4 Å². The number of nitrogens with one attached hydrogen (secondary N) is 2. The molecule has 2 aliphatic heterocycles. The maximum Gasteiger partial charge on any atom is 0.352 e. The fraction of sp³-hybridized carbons (Fsp3) is 0.800. The summed E-state index contributed by atoms with van der Waals surface area (Å²) in [5, 5.41) is 0.227. The third-order valence-electron chi connectivity index (χ3n) is 11.4. The molecule has 0 aromatic carbocycles. The van der Waals surface area contributed by atoms with Crippen LogP contribution < -0.4 is 22.5 Å². The summed E-state index contributed by atoms with van der Waals surface area (Å²) in [6, 6.07) is 1.49. The standard InChI is InChI=1S/C45H77N5O4/c1-3-5-7-9-11-13-15-17-19-21-23-25-27-29-31-33-35-49-40-38(42(51)48-44(53)46-40)37-39-41(49)47-45(54)50(43(39)52)36-34-32-30-28-26-24-22-20-18-16-14-12-10-8-6-4-2/h37H,3-36H2,1-2H3,(H2,46,48,51,53). The zero-order valence-electron chi connectivity index (χ0n) is 34.6. The average Bonchev–Trinajstić information content (AvgIpc) is 3.15. The monoisotopic (exact) mass is 752 g/mol. The predicted octanol–water partition coefficient (Wildman–Crippen LogP) is 11.6. The van der Waals surface area contributed by atoms with Gasteiger partial charge in [0.25, 0.3) is 11.1 Å². The maximum absolute atomic E-state index is 13.7. The molecule has 0 saturated carbocycles. The Hall–Kier alpha value is -2.97. The molecule has 0 atom stereocenters. The van der Waals surface area contributed by atoms with E-state index in [0.29, 0.717) is 18.7 Å². The molecule has 1 aromatic rings. The Labute approximate surface area is 325 Å². The highest BCUT2D eigenvalue weighted by Crippen LogP contribution is 2.22. The summed E-state index contributed by atoms with van der Waals surface area (Å²) in [6.45, 7) is 5.31. The van der Waals surface area contributed by atoms with Gasteiger partial charge in [0.15, 0.2) is 5.82 Å². The first kappa shape index (κ1) is 45.4. The molecule has 1 aromatic heterocycles. The van der Waals surface area contributed by atoms with E-state index in [0.717, 1.165) is 38.5 Å². The van der Waals surface area contributed by atoms with E-state index in [1.54, 1.807) is 4.57 Å². The minimum absolute atomic E-state index is 0.227. The van der Waals surface area contributed by atoms with Crippen LogP contribution in [0.2, 0.25) is 0 Å². The van der Waals surface area contributed by atoms with Gasteiger partial charge in [-0.15, -0.1) is 0 Å². The molecule has 9 nitrogen and oxygen atoms in total. The van der Waals surface area contributed by atoms with E-state index in [-0.39, 0.29) is 16.8 Å². The van der Waals surface area contributed by atoms with Crippen molar-refractivity contribution in [2.24, 2.45) is 0 Å². The van der Waals surface area contributed by atoms with Gasteiger partial charge in [-0.1, -0.05) is 206 Å². The molecule has 0 saturated heterocycles. The number of fused-ring (bicyclic) bond motifs is 2. The quantitative estimate of drug-likeness (QED) is 0.0464. The number of hydrogen-bond acceptors (Lipinski definition) is 5. The molecule has 54 heavy (non-hydrogen) atoms. The summed E-state index contributed by atoms with van der Waals surface area (Å²) in [5.74, 6) is 0.239. The van der Waals surface area contributed by atoms with Crippen LogP contribution >= 0.6 is 0 Å². The average molecular weight is 752 g/mol. The molecule has 2 aliphatic rings. The normalized spacial score (nSPS) is 11.7. The van der Waals surface area contributed by atoms with Crippen LogP contribution in [0.3, 0.4) is 0 Å². The fourth-order valence-corrected chi connectivity index (χ4v) is 8.00. The topological polar surface area (TPSA) is 123 Å². The van der Waals surface area contributed by atoms with Gasteiger partial charge in [0.2, 0.25) is 0 Å². The highest BCUT2D eigenvalue weighted by Gasteiger charge is 2.21. The first-order valence-corrected chi connectivity index (χ1v) is 22.8. The maximum atomic E-state index is 13.7. The number of aromatic amines is 2. The van der Waals surface area contributed by atoms with E-state index in [4.69, 9.17) is 0 Å². The summed E-state index contributed by atoms with van der Waals surface area (Å²) in [6.07, 6.45) is 40.4. The van der Waals surface area contributed by atoms with Crippen molar-refractivity contribution >= 4 is 11.0 Å². The Morgan fingerprint density at radius 2 is 0.815 bits per heavy atom. The molecule has 3 heterocycles. The zero-order chi connectivity index (χ0) is 38.6. The number of aryl methyl sites for hydroxylation is 1. The van der Waals surface area contributed by atoms with E-state index in [1.807, 2.05) is 0 Å². The van der Waals surface area contributed by atoms with E-state index in [9.17, 15) is 19.2 Å². The lowest BCUT2D eigenvalue weighted by molar-refractivity contribution is 0.511. The van der Waals surface area contributed by atoms with Gasteiger partial charge in [0, 0.05) is 13.1 Å². The van der Waals surface area contributed by atoms with Crippen LogP contribution in [0, 0.1) is 0 Å². The predicted molar refractivity (Wildman–Crippen MR) is 227 cm³/mol. The van der Waals surface area contributed by atoms with Gasteiger partial charge < -0.3 is 4.57 Å². The summed E-state index contributed by atoms with van der Waals surface area (Å²) >= 11 is 0. The lowest BCUT2D eigenvalue weighted by Gasteiger charge is -2.18. The minimum Gasteiger partial charge on any atom is -0.311 e. The molecule has 0 spiro atoms. The zero-order valence-corrected chi connectivity index (χ0v) is 34.6. The van der Waals surface area contributed by atoms with Gasteiger partial charge in [-0.3, -0.25) is 24.1 Å². The number of rotatable bonds is 34. The number of aromatic nitrogens is 5. The van der Waals surface area contributed by atoms with Crippen molar-refractivity contribution in [2.45, 2.75) is 232 Å². The summed E-state index contributed by atoms with van der Waals surface area (Å²) in [5.41, 5.74) is -1.61. The molecule has 0 bridgehead atoms. The SMILES string of the molecule is CCCCCCCCCCCCCCCCCCn1c(=O)nc2n(CCCCCCCCCCCCCCCCCC)c3[nH]c(=O)[nH]c(=O)c3cc-2c1=O. The Morgan fingerprint density at radius 3 is 1.20 bits per heavy atom. The fourth-order valence-electron chi connectivity index (χ4n) is 8.00. The van der Waals surface area contributed by atoms with E-state index in [1.165, 1.54) is 178 Å². The third-order valence-corrected chi connectivity index (χ3v) is 11.4. The van der Waals surface area contributed by atoms with Crippen molar-refractivity contribution in [3.63, 3.8) is 0 Å². The molecular weight excluding hydrogens is 675 g/mol. The van der Waals surface area contributed by atoms with Crippen LogP contribution in [0.1, 0.15) is 219 Å². The number of nitrogens with zero attached hydrogens (tertiary/aromatic N) is 3. The van der Waals surface area contributed by atoms with Crippen molar-refractivity contribution < 1.29 is 0 Å². The number of unbranched alkanes of at least 4 members (excludes halogenated alkanes) is 30. The smallest absolute Gasteiger partial charge is 0.311 e. The second kappa shape index (κ2) is 28.4. The van der Waals surface area contributed by atoms with Crippen molar-refractivity contribution in [1.82, 2.24) is 24.1 Å². The van der Waals surface area contributed by atoms with Crippen LogP contribution in [0.4, 0.5) is 0 Å². The largest absolute Gasteiger partial charge is 0.352 e. The van der Waals surface area contributed by atoms with Crippen LogP contribution in [0.15, 0.2) is 25.2 Å². The molecule has 0 amide bonds. The molecule has 9 heteroatoms. The summed E-state index contributed by atoms with van der Waals surface area (Å²) < 4.78 is 2.92. The molecule has 0 fully saturated rings. The van der Waals surface area contributed by atoms with Crippen LogP contribution in [-0.4, -0.2) is 24.1 Å². The highest BCUT2D eigenvalue weighted by molar-refractivity contribution is 5.81. The van der Waals surface area contributed by atoms with Gasteiger partial charge in [-0.05, 0) is 18.9 Å². The Balaban J connectivity index is 1.40. The second-order valence-corrected chi connectivity index (χ2v) is 16.2. The summed E-state index contributed by atoms with van der Waals surface area (Å²) in [4.78, 5) is 61.3. The van der Waals surface area contributed by atoms with Gasteiger partial charge in [0.05, 0.1) is 10.9 Å². The first-order valence-electron chi connectivity index (χ1n) is 22.8. The molecular formula is C45H77N5O4. The Kier molecular flexibility index (Phi) is 23.9. The lowest BCUT2D eigenvalue weighted by atomic mass is 10.0. The van der Waals surface area contributed by atoms with Crippen LogP contribution in [-0.2, 0) is 13.1 Å². The highest BCUT2D eigenvalue weighted by atomic mass is 16.2. The van der Waals surface area contributed by atoms with E-state index >= 15 is 0 Å². The van der Waals surface area contributed by atoms with Crippen molar-refractivity contribution in [3.8, 4) is 11.4 Å². The van der Waals surface area contributed by atoms with Gasteiger partial charge in [-0.2, -0.15) is 4.98 Å². The third kappa shape index (κ3) is 17.2. The van der Waals surface area contributed by atoms with E-state index < -0.39 is 22.5 Å². The van der Waals surface area contributed by atoms with Crippen molar-refractivity contribution in [3.05, 3.63) is 47.7 Å². The molecule has 2 N–H and O–H groups in total.